The van der Waals surface area contributed by atoms with Crippen molar-refractivity contribution in [2.75, 3.05) is 17.4 Å². The van der Waals surface area contributed by atoms with Gasteiger partial charge < -0.3 is 15.3 Å². The highest BCUT2D eigenvalue weighted by molar-refractivity contribution is 9.10. The number of ether oxygens (including phenoxy) is 1. The van der Waals surface area contributed by atoms with Crippen LogP contribution in [0.1, 0.15) is 5.56 Å². The molecule has 0 aliphatic carbocycles. The molecule has 1 aliphatic rings. The number of nitrogens with zero attached hydrogens (tertiary/aromatic N) is 2. The molecule has 37 heavy (non-hydrogen) atoms. The maximum Gasteiger partial charge on any atom is 0.354 e. The first kappa shape index (κ1) is 25.5. The molecule has 1 fully saturated rings. The molecule has 1 saturated heterocycles. The Bertz CT molecular complexity index is 1410. The third kappa shape index (κ3) is 4.55. The van der Waals surface area contributed by atoms with Crippen LogP contribution in [0.25, 0.3) is 5.76 Å². The quantitative estimate of drug-likeness (QED) is 0.0969. The van der Waals surface area contributed by atoms with E-state index in [0.717, 1.165) is 12.0 Å². The van der Waals surface area contributed by atoms with E-state index in [4.69, 9.17) is 4.74 Å². The first-order valence-corrected chi connectivity index (χ1v) is 11.5. The van der Waals surface area contributed by atoms with Gasteiger partial charge in [0.1, 0.15) is 11.3 Å². The Hall–Kier alpha value is -4.55. The van der Waals surface area contributed by atoms with Gasteiger partial charge in [-0.15, -0.1) is 0 Å². The molecule has 3 N–H and O–H groups in total. The number of rotatable bonds is 7. The lowest BCUT2D eigenvalue weighted by Crippen LogP contribution is -2.65. The van der Waals surface area contributed by atoms with Crippen molar-refractivity contribution >= 4 is 56.4 Å². The average Bonchev–Trinajstić information content (AvgIpc) is 3.14. The summed E-state index contributed by atoms with van der Waals surface area (Å²) in [7, 11) is 1.07. The Labute approximate surface area is 218 Å². The zero-order chi connectivity index (χ0) is 26.7. The minimum absolute atomic E-state index is 0.154. The Kier molecular flexibility index (Phi) is 7.05. The van der Waals surface area contributed by atoms with E-state index in [9.17, 15) is 29.6 Å². The lowest BCUT2D eigenvalue weighted by Gasteiger charge is -2.36. The van der Waals surface area contributed by atoms with Crippen molar-refractivity contribution in [2.45, 2.75) is 5.66 Å². The summed E-state index contributed by atoms with van der Waals surface area (Å²) in [5.41, 5.74) is 2.92. The lowest BCUT2D eigenvalue weighted by atomic mass is 9.95. The van der Waals surface area contributed by atoms with Gasteiger partial charge in [-0.25, -0.2) is 4.79 Å². The maximum atomic E-state index is 13.5. The second kappa shape index (κ2) is 10.2. The number of ketones is 1. The van der Waals surface area contributed by atoms with Crippen molar-refractivity contribution in [2.24, 2.45) is 0 Å². The number of aliphatic hydroxyl groups excluding tert-OH is 1. The standard InChI is InChI=1S/C25H19BrN4O7/c1-37-24(34)25(28-27-17-9-13-19(14-10-17)30(35)36)20(21(31)15-5-3-2-4-6-15)22(32)23(33)29(25)18-11-7-16(26)8-12-18/h2-14,27-28,31H,1H3/b21-20-. The zero-order valence-corrected chi connectivity index (χ0v) is 20.8. The number of benzene rings is 3. The number of methoxy groups -OCH3 is 1. The van der Waals surface area contributed by atoms with Crippen molar-refractivity contribution < 1.29 is 29.2 Å². The number of amides is 1. The van der Waals surface area contributed by atoms with Crippen LogP contribution in [0.2, 0.25) is 0 Å². The predicted octanol–water partition coefficient (Wildman–Crippen LogP) is 3.73. The molecule has 0 bridgehead atoms. The number of anilines is 2. The van der Waals surface area contributed by atoms with Gasteiger partial charge in [-0.05, 0) is 36.4 Å². The molecular weight excluding hydrogens is 548 g/mol. The van der Waals surface area contributed by atoms with Crippen LogP contribution in [-0.2, 0) is 19.1 Å². The molecule has 4 rings (SSSR count). The number of esters is 1. The smallest absolute Gasteiger partial charge is 0.354 e. The molecular formula is C25H19BrN4O7. The summed E-state index contributed by atoms with van der Waals surface area (Å²) in [6.45, 7) is 0. The third-order valence-corrected chi connectivity index (χ3v) is 6.17. The van der Waals surface area contributed by atoms with Crippen molar-refractivity contribution in [1.82, 2.24) is 5.43 Å². The van der Waals surface area contributed by atoms with Gasteiger partial charge in [0.15, 0.2) is 0 Å². The number of carbonyl (C=O) groups is 3. The second-order valence-electron chi connectivity index (χ2n) is 7.79. The molecule has 11 nitrogen and oxygen atoms in total. The fourth-order valence-corrected chi connectivity index (χ4v) is 4.16. The number of nitrogens with one attached hydrogen (secondary N) is 2. The van der Waals surface area contributed by atoms with Gasteiger partial charge in [-0.1, -0.05) is 46.3 Å². The van der Waals surface area contributed by atoms with Gasteiger partial charge in [-0.3, -0.25) is 24.6 Å². The van der Waals surface area contributed by atoms with Crippen molar-refractivity contribution in [3.05, 3.63) is 105 Å². The maximum absolute atomic E-state index is 13.5. The van der Waals surface area contributed by atoms with Crippen LogP contribution in [0.3, 0.4) is 0 Å². The highest BCUT2D eigenvalue weighted by atomic mass is 79.9. The fraction of sp³-hybridized carbons (Fsp3) is 0.0800. The molecule has 12 heteroatoms. The van der Waals surface area contributed by atoms with Crippen LogP contribution >= 0.6 is 15.9 Å². The highest BCUT2D eigenvalue weighted by Crippen LogP contribution is 2.40. The summed E-state index contributed by atoms with van der Waals surface area (Å²) < 4.78 is 5.71. The normalized spacial score (nSPS) is 18.5. The minimum Gasteiger partial charge on any atom is -0.507 e. The summed E-state index contributed by atoms with van der Waals surface area (Å²) in [5, 5.41) is 22.2. The van der Waals surface area contributed by atoms with Crippen LogP contribution in [-0.4, -0.2) is 40.5 Å². The zero-order valence-electron chi connectivity index (χ0n) is 19.2. The van der Waals surface area contributed by atoms with E-state index in [-0.39, 0.29) is 22.6 Å². The van der Waals surface area contributed by atoms with Crippen LogP contribution in [0.5, 0.6) is 0 Å². The van der Waals surface area contributed by atoms with E-state index in [1.165, 1.54) is 48.5 Å². The van der Waals surface area contributed by atoms with Gasteiger partial charge in [0.05, 0.1) is 12.0 Å². The second-order valence-corrected chi connectivity index (χ2v) is 8.71. The van der Waals surface area contributed by atoms with Crippen molar-refractivity contribution in [3.63, 3.8) is 0 Å². The SMILES string of the molecule is COC(=O)C1(NNc2ccc([N+](=O)[O-])cc2)/C(=C(\O)c2ccccc2)C(=O)C(=O)N1c1ccc(Br)cc1. The van der Waals surface area contributed by atoms with Crippen molar-refractivity contribution in [3.8, 4) is 0 Å². The number of nitro groups is 1. The molecule has 3 aromatic rings. The minimum atomic E-state index is -2.36. The number of Topliss-reactive ketones (excluding diaryl/α,β-unsaturated/α-hetero) is 1. The summed E-state index contributed by atoms with van der Waals surface area (Å²) in [5.74, 6) is -3.92. The third-order valence-electron chi connectivity index (χ3n) is 5.64. The Morgan fingerprint density at radius 2 is 1.65 bits per heavy atom. The average molecular weight is 567 g/mol. The summed E-state index contributed by atoms with van der Waals surface area (Å²) in [6.07, 6.45) is 0. The van der Waals surface area contributed by atoms with E-state index in [2.05, 4.69) is 26.8 Å². The molecule has 188 valence electrons. The van der Waals surface area contributed by atoms with E-state index in [1.807, 2.05) is 0 Å². The van der Waals surface area contributed by atoms with Crippen LogP contribution in [0.4, 0.5) is 17.1 Å². The molecule has 3 aromatic carbocycles. The number of carbonyl (C=O) groups excluding carboxylic acids is 3. The molecule has 1 heterocycles. The van der Waals surface area contributed by atoms with E-state index in [1.54, 1.807) is 30.3 Å². The molecule has 1 amide bonds. The molecule has 1 unspecified atom stereocenters. The van der Waals surface area contributed by atoms with Crippen LogP contribution < -0.4 is 15.8 Å². The van der Waals surface area contributed by atoms with Crippen molar-refractivity contribution in [1.29, 1.82) is 0 Å². The summed E-state index contributed by atoms with van der Waals surface area (Å²) in [6, 6.07) is 19.3. The number of hydrazine groups is 1. The Balaban J connectivity index is 1.93. The molecule has 0 saturated carbocycles. The molecule has 0 radical (unpaired) electrons. The van der Waals surface area contributed by atoms with Crippen LogP contribution in [0.15, 0.2) is 88.9 Å². The van der Waals surface area contributed by atoms with Gasteiger partial charge in [0, 0.05) is 33.5 Å². The first-order valence-electron chi connectivity index (χ1n) is 10.7. The number of halogens is 1. The Morgan fingerprint density at radius 3 is 2.22 bits per heavy atom. The topological polar surface area (TPSA) is 151 Å². The number of nitro benzene ring substituents is 1. The molecule has 1 aliphatic heterocycles. The number of aliphatic hydroxyl groups is 1. The van der Waals surface area contributed by atoms with E-state index >= 15 is 0 Å². The number of hydrogen-bond donors (Lipinski definition) is 3. The van der Waals surface area contributed by atoms with Gasteiger partial charge >= 0.3 is 11.9 Å². The largest absolute Gasteiger partial charge is 0.507 e. The molecule has 1 atom stereocenters. The van der Waals surface area contributed by atoms with Crippen LogP contribution in [0, 0.1) is 10.1 Å². The predicted molar refractivity (Wildman–Crippen MR) is 137 cm³/mol. The molecule has 0 spiro atoms. The number of hydrogen-bond acceptors (Lipinski definition) is 9. The van der Waals surface area contributed by atoms with E-state index in [0.29, 0.717) is 4.47 Å². The number of non-ortho nitro benzene ring substituents is 1. The highest BCUT2D eigenvalue weighted by Gasteiger charge is 2.63. The first-order chi connectivity index (χ1) is 17.7. The van der Waals surface area contributed by atoms with Gasteiger partial charge in [-0.2, -0.15) is 5.43 Å². The monoisotopic (exact) mass is 566 g/mol. The van der Waals surface area contributed by atoms with Gasteiger partial charge in [0.25, 0.3) is 11.5 Å². The fourth-order valence-electron chi connectivity index (χ4n) is 3.90. The summed E-state index contributed by atoms with van der Waals surface area (Å²) >= 11 is 3.31. The summed E-state index contributed by atoms with van der Waals surface area (Å²) in [4.78, 5) is 51.5. The van der Waals surface area contributed by atoms with E-state index < -0.39 is 39.6 Å². The lowest BCUT2D eigenvalue weighted by molar-refractivity contribution is -0.384. The van der Waals surface area contributed by atoms with Gasteiger partial charge in [0.2, 0.25) is 5.66 Å². The molecule has 0 aromatic heterocycles. The Morgan fingerprint density at radius 1 is 1.03 bits per heavy atom.